The number of ether oxygens (including phenoxy) is 6. The average Bonchev–Trinajstić information content (AvgIpc) is 3.26. The van der Waals surface area contributed by atoms with Crippen LogP contribution in [0.25, 0.3) is 11.3 Å². The molecule has 0 spiro atoms. The zero-order valence-corrected chi connectivity index (χ0v) is 62.7. The van der Waals surface area contributed by atoms with Crippen molar-refractivity contribution in [2.75, 3.05) is 86.2 Å². The number of carbonyl (C=O) groups is 2. The molecule has 0 radical (unpaired) electrons. The lowest BCUT2D eigenvalue weighted by Crippen LogP contribution is -2.57. The molecule has 4 saturated heterocycles. The lowest BCUT2D eigenvalue weighted by atomic mass is 9.84. The van der Waals surface area contributed by atoms with Crippen LogP contribution in [0.5, 0.6) is 0 Å². The van der Waals surface area contributed by atoms with Crippen molar-refractivity contribution in [3.63, 3.8) is 0 Å². The molecule has 0 aromatic carbocycles. The Morgan fingerprint density at radius 2 is 0.906 bits per heavy atom. The van der Waals surface area contributed by atoms with Crippen molar-refractivity contribution in [1.29, 1.82) is 0 Å². The highest BCUT2D eigenvalue weighted by molar-refractivity contribution is 14.1. The van der Waals surface area contributed by atoms with E-state index in [-0.39, 0.29) is 48.2 Å². The Hall–Kier alpha value is -2.48. The quantitative estimate of drug-likeness (QED) is 0.0281. The maximum absolute atomic E-state index is 13.2. The predicted molar refractivity (Wildman–Crippen MR) is 369 cm³/mol. The maximum atomic E-state index is 13.2. The van der Waals surface area contributed by atoms with Crippen LogP contribution in [0.4, 0.5) is 21.2 Å². The van der Waals surface area contributed by atoms with Gasteiger partial charge in [-0.3, -0.25) is 0 Å². The molecule has 4 atom stereocenters. The molecule has 2 amide bonds. The largest absolute Gasteiger partial charge is 0.444 e. The van der Waals surface area contributed by atoms with Crippen LogP contribution in [0.2, 0.25) is 103 Å². The maximum Gasteiger partial charge on any atom is 0.410 e. The van der Waals surface area contributed by atoms with Crippen LogP contribution in [-0.4, -0.2) is 195 Å². The Morgan fingerprint density at radius 3 is 1.26 bits per heavy atom. The van der Waals surface area contributed by atoms with E-state index in [1.54, 1.807) is 0 Å². The van der Waals surface area contributed by atoms with Crippen molar-refractivity contribution < 1.29 is 38.0 Å². The van der Waals surface area contributed by atoms with Crippen LogP contribution < -0.4 is 9.80 Å². The van der Waals surface area contributed by atoms with Crippen LogP contribution in [0.1, 0.15) is 90.4 Å². The van der Waals surface area contributed by atoms with Crippen molar-refractivity contribution in [3.05, 3.63) is 45.6 Å². The second-order valence-corrected chi connectivity index (χ2v) is 56.5. The van der Waals surface area contributed by atoms with Crippen molar-refractivity contribution in [2.24, 2.45) is 0 Å². The van der Waals surface area contributed by atoms with Gasteiger partial charge in [0.1, 0.15) is 49.8 Å². The number of anilines is 2. The van der Waals surface area contributed by atoms with Gasteiger partial charge in [0.2, 0.25) is 0 Å². The summed E-state index contributed by atoms with van der Waals surface area (Å²) in [6, 6.07) is 11.4. The molecule has 4 aliphatic heterocycles. The molecule has 8 heterocycles. The molecule has 0 aliphatic carbocycles. The van der Waals surface area contributed by atoms with Crippen LogP contribution in [0.3, 0.4) is 0 Å². The number of hydrogen-bond acceptors (Lipinski definition) is 16. The number of amides is 2. The Kier molecular flexibility index (Phi) is 24.4. The van der Waals surface area contributed by atoms with Crippen molar-refractivity contribution in [1.82, 2.24) is 39.0 Å². The fraction of sp³-hybridized carbons (Fsp3) is 0.767. The lowest BCUT2D eigenvalue weighted by Gasteiger charge is -2.48. The summed E-state index contributed by atoms with van der Waals surface area (Å²) in [5.74, 6) is 6.08. The van der Waals surface area contributed by atoms with Crippen molar-refractivity contribution in [2.45, 2.75) is 217 Å². The summed E-state index contributed by atoms with van der Waals surface area (Å²) in [7, 11) is -4.82. The molecule has 0 N–H and O–H groups in total. The van der Waals surface area contributed by atoms with Gasteiger partial charge in [-0.25, -0.2) is 19.6 Å². The third-order valence-corrected chi connectivity index (χ3v) is 25.6. The molecule has 0 saturated carbocycles. The number of carbonyl (C=O) groups excluding carboxylic acids is 2. The summed E-state index contributed by atoms with van der Waals surface area (Å²) in [4.78, 5) is 45.0. The zero-order chi connectivity index (χ0) is 62.3. The molecule has 25 heteroatoms. The van der Waals surface area contributed by atoms with Crippen LogP contribution in [-0.2, 0) is 28.4 Å². The third-order valence-electron chi connectivity index (χ3n) is 15.5. The van der Waals surface area contributed by atoms with E-state index in [1.807, 2.05) is 102 Å². The highest BCUT2D eigenvalue weighted by Crippen LogP contribution is 2.44. The number of rotatable bonds is 24. The van der Waals surface area contributed by atoms with E-state index in [1.165, 1.54) is 0 Å². The normalized spacial score (nSPS) is 21.4. The first-order valence-corrected chi connectivity index (χ1v) is 49.2. The summed E-state index contributed by atoms with van der Waals surface area (Å²) in [5.41, 5.74) is 2.78. The van der Waals surface area contributed by atoms with Gasteiger partial charge in [0.15, 0.2) is 11.3 Å². The van der Waals surface area contributed by atoms with Gasteiger partial charge in [-0.05, 0) is 114 Å². The minimum atomic E-state index is -1.21. The standard InChI is InChI=1S/C30H52IN5O4SSi2.C30H53N5O4SSi2/c1-30(2,3)40-29(37)35-23-14-22(15-24(35)19-41-18-23)26-16-27(36-28(33-26)25(31)17-32-36)34(20-38-10-12-42(4,5)6)21-39-11-13-43(7,8)9;1-30(2,3)39-29(36)34-24-16-23(17-25(34)20-40-19-24)26-18-28(35-27(32-26)10-11-31-35)33(21-37-12-14-41(4,5)6)22-38-13-15-42(7,8)9/h16-17,22-24H,10-15,18-21H2,1-9H3;10-11,18,23-25H,12-17,19-22H2,1-9H3. The highest BCUT2D eigenvalue weighted by Gasteiger charge is 2.46. The molecule has 4 fully saturated rings. The van der Waals surface area contributed by atoms with E-state index in [4.69, 9.17) is 43.5 Å². The van der Waals surface area contributed by atoms with E-state index in [0.29, 0.717) is 26.9 Å². The number of thioether (sulfide) groups is 2. The fourth-order valence-electron chi connectivity index (χ4n) is 10.8. The first kappa shape index (κ1) is 70.0. The number of nitrogens with zero attached hydrogens (tertiary/aromatic N) is 10. The summed E-state index contributed by atoms with van der Waals surface area (Å²) in [5, 5.41) is 9.35. The first-order chi connectivity index (χ1) is 39.6. The lowest BCUT2D eigenvalue weighted by molar-refractivity contribution is -0.00404. The van der Waals surface area contributed by atoms with Gasteiger partial charge in [0.05, 0.1) is 16.0 Å². The van der Waals surface area contributed by atoms with E-state index in [9.17, 15) is 9.59 Å². The number of aromatic nitrogens is 6. The summed E-state index contributed by atoms with van der Waals surface area (Å²) < 4.78 is 41.5. The van der Waals surface area contributed by atoms with Crippen molar-refractivity contribution >= 4 is 114 Å². The summed E-state index contributed by atoms with van der Waals surface area (Å²) in [6.45, 7) is 44.8. The molecule has 4 aromatic heterocycles. The van der Waals surface area contributed by atoms with E-state index < -0.39 is 43.5 Å². The van der Waals surface area contributed by atoms with Gasteiger partial charge in [-0.15, -0.1) is 0 Å². The van der Waals surface area contributed by atoms with Gasteiger partial charge in [0, 0.05) is 147 Å². The topological polar surface area (TPSA) is 163 Å². The Morgan fingerprint density at radius 1 is 0.553 bits per heavy atom. The second kappa shape index (κ2) is 29.6. The smallest absolute Gasteiger partial charge is 0.410 e. The molecule has 4 aromatic rings. The molecule has 18 nitrogen and oxygen atoms in total. The fourth-order valence-corrected chi connectivity index (χ4v) is 16.9. The summed E-state index contributed by atoms with van der Waals surface area (Å²) >= 11 is 6.21. The molecule has 478 valence electrons. The number of fused-ring (bicyclic) bond motifs is 6. The Balaban J connectivity index is 0.000000244. The minimum absolute atomic E-state index is 0.133. The van der Waals surface area contributed by atoms with Gasteiger partial charge < -0.3 is 48.0 Å². The van der Waals surface area contributed by atoms with E-state index in [2.05, 4.69) is 128 Å². The summed E-state index contributed by atoms with van der Waals surface area (Å²) in [6.07, 6.45) is 6.80. The molecular weight excluding hydrogens is 1290 g/mol. The van der Waals surface area contributed by atoms with Crippen LogP contribution in [0, 0.1) is 3.57 Å². The Bertz CT molecular complexity index is 2740. The predicted octanol–water partition coefficient (Wildman–Crippen LogP) is 14.1. The van der Waals surface area contributed by atoms with Gasteiger partial charge in [-0.2, -0.15) is 42.8 Å². The molecule has 8 rings (SSSR count). The monoisotopic (exact) mass is 1400 g/mol. The Labute approximate surface area is 535 Å². The number of halogens is 1. The third kappa shape index (κ3) is 21.6. The average molecular weight is 1400 g/mol. The molecule has 85 heavy (non-hydrogen) atoms. The second-order valence-electron chi connectivity index (χ2n) is 30.7. The van der Waals surface area contributed by atoms with Crippen LogP contribution >= 0.6 is 46.1 Å². The van der Waals surface area contributed by atoms with Crippen molar-refractivity contribution in [3.8, 4) is 0 Å². The van der Waals surface area contributed by atoms with Gasteiger partial charge in [0.25, 0.3) is 0 Å². The molecule has 4 unspecified atom stereocenters. The molecule has 4 bridgehead atoms. The number of piperidine rings is 2. The first-order valence-electron chi connectivity index (χ1n) is 31.0. The number of hydrogen-bond donors (Lipinski definition) is 0. The van der Waals surface area contributed by atoms with Gasteiger partial charge >= 0.3 is 12.2 Å². The van der Waals surface area contributed by atoms with E-state index >= 15 is 0 Å². The van der Waals surface area contributed by atoms with Gasteiger partial charge in [-0.1, -0.05) is 78.6 Å². The minimum Gasteiger partial charge on any atom is -0.444 e. The zero-order valence-electron chi connectivity index (χ0n) is 54.9. The molecule has 4 aliphatic rings. The molecular formula is C60H105IN10O8S2Si4. The van der Waals surface area contributed by atoms with Crippen LogP contribution in [0.15, 0.2) is 30.6 Å². The SMILES string of the molecule is CC(C)(C)OC(=O)N1C2CSCC1CC(c1cc(N(COCC[Si](C)(C)C)COCC[Si](C)(C)C)n3ncc(I)c3n1)C2.CC(C)(C)OC(=O)N1C2CSCC1CC(c1cc(N(COCC[Si](C)(C)C)COCC[Si](C)(C)C)n3nccc3n1)C2. The van der Waals surface area contributed by atoms with E-state index in [0.717, 1.165) is 137 Å². The highest BCUT2D eigenvalue weighted by atomic mass is 127.